The van der Waals surface area contributed by atoms with Crippen LogP contribution in [0.15, 0.2) is 12.1 Å². The Morgan fingerprint density at radius 1 is 1.44 bits per heavy atom. The molecule has 1 aliphatic rings. The molecule has 2 N–H and O–H groups in total. The Morgan fingerprint density at radius 2 is 2.12 bits per heavy atom. The number of rotatable bonds is 3. The van der Waals surface area contributed by atoms with Crippen molar-refractivity contribution in [2.24, 2.45) is 5.73 Å². The summed E-state index contributed by atoms with van der Waals surface area (Å²) >= 11 is 0. The fourth-order valence-electron chi connectivity index (χ4n) is 2.58. The van der Waals surface area contributed by atoms with Crippen LogP contribution in [0.3, 0.4) is 0 Å². The van der Waals surface area contributed by atoms with Gasteiger partial charge >= 0.3 is 0 Å². The van der Waals surface area contributed by atoms with Gasteiger partial charge in [-0.15, -0.1) is 0 Å². The summed E-state index contributed by atoms with van der Waals surface area (Å²) < 4.78 is 19.3. The molecule has 0 bridgehead atoms. The number of aryl methyl sites for hydroxylation is 1. The molecule has 0 radical (unpaired) electrons. The predicted molar refractivity (Wildman–Crippen MR) is 62.3 cm³/mol. The normalized spacial score (nSPS) is 18.0. The quantitative estimate of drug-likeness (QED) is 0.854. The minimum Gasteiger partial charge on any atom is -0.496 e. The Bertz CT molecular complexity index is 394. The number of hydrogen-bond acceptors (Lipinski definition) is 2. The maximum atomic E-state index is 14.0. The van der Waals surface area contributed by atoms with Crippen molar-refractivity contribution in [1.29, 1.82) is 0 Å². The summed E-state index contributed by atoms with van der Waals surface area (Å²) in [5, 5.41) is 0. The molecule has 1 aromatic carbocycles. The van der Waals surface area contributed by atoms with E-state index in [1.54, 1.807) is 13.2 Å². The van der Waals surface area contributed by atoms with Gasteiger partial charge in [0, 0.05) is 17.5 Å². The van der Waals surface area contributed by atoms with Crippen molar-refractivity contribution in [2.75, 3.05) is 13.7 Å². The van der Waals surface area contributed by atoms with Crippen molar-refractivity contribution in [2.45, 2.75) is 31.6 Å². The van der Waals surface area contributed by atoms with Crippen LogP contribution in [0.25, 0.3) is 0 Å². The lowest BCUT2D eigenvalue weighted by Crippen LogP contribution is -2.42. The zero-order valence-electron chi connectivity index (χ0n) is 9.85. The minimum atomic E-state index is -0.193. The summed E-state index contributed by atoms with van der Waals surface area (Å²) in [4.78, 5) is 0. The number of hydrogen-bond donors (Lipinski definition) is 1. The fourth-order valence-corrected chi connectivity index (χ4v) is 2.58. The van der Waals surface area contributed by atoms with Gasteiger partial charge in [0.2, 0.25) is 0 Å². The molecule has 2 rings (SSSR count). The predicted octanol–water partition coefficient (Wildman–Crippen LogP) is 2.52. The molecule has 0 saturated heterocycles. The van der Waals surface area contributed by atoms with Gasteiger partial charge in [0.1, 0.15) is 11.6 Å². The van der Waals surface area contributed by atoms with E-state index in [4.69, 9.17) is 10.5 Å². The van der Waals surface area contributed by atoms with Gasteiger partial charge in [0.15, 0.2) is 0 Å². The van der Waals surface area contributed by atoms with Crippen molar-refractivity contribution >= 4 is 0 Å². The summed E-state index contributed by atoms with van der Waals surface area (Å²) in [5.41, 5.74) is 7.28. The van der Waals surface area contributed by atoms with Gasteiger partial charge in [-0.05, 0) is 31.4 Å². The maximum Gasteiger partial charge on any atom is 0.130 e. The topological polar surface area (TPSA) is 35.2 Å². The van der Waals surface area contributed by atoms with E-state index in [1.165, 1.54) is 6.07 Å². The lowest BCUT2D eigenvalue weighted by molar-refractivity contribution is 0.234. The maximum absolute atomic E-state index is 14.0. The molecule has 88 valence electrons. The van der Waals surface area contributed by atoms with E-state index >= 15 is 0 Å². The second-order valence-electron chi connectivity index (χ2n) is 4.61. The number of nitrogens with two attached hydrogens (primary N) is 1. The van der Waals surface area contributed by atoms with Gasteiger partial charge in [0.25, 0.3) is 0 Å². The molecule has 1 fully saturated rings. The second kappa shape index (κ2) is 4.06. The van der Waals surface area contributed by atoms with Gasteiger partial charge in [-0.3, -0.25) is 0 Å². The van der Waals surface area contributed by atoms with E-state index in [-0.39, 0.29) is 11.2 Å². The molecule has 0 aliphatic heterocycles. The molecule has 16 heavy (non-hydrogen) atoms. The zero-order chi connectivity index (χ0) is 11.8. The van der Waals surface area contributed by atoms with Gasteiger partial charge in [-0.1, -0.05) is 12.5 Å². The van der Waals surface area contributed by atoms with Gasteiger partial charge in [-0.25, -0.2) is 4.39 Å². The Labute approximate surface area is 95.6 Å². The average molecular weight is 223 g/mol. The van der Waals surface area contributed by atoms with E-state index in [0.29, 0.717) is 17.9 Å². The molecule has 2 nitrogen and oxygen atoms in total. The van der Waals surface area contributed by atoms with Crippen LogP contribution >= 0.6 is 0 Å². The van der Waals surface area contributed by atoms with E-state index in [1.807, 2.05) is 6.92 Å². The molecule has 0 spiro atoms. The van der Waals surface area contributed by atoms with Gasteiger partial charge < -0.3 is 10.5 Å². The van der Waals surface area contributed by atoms with Crippen molar-refractivity contribution in [3.05, 3.63) is 29.1 Å². The van der Waals surface area contributed by atoms with Crippen molar-refractivity contribution in [3.63, 3.8) is 0 Å². The lowest BCUT2D eigenvalue weighted by Gasteiger charge is -2.42. The smallest absolute Gasteiger partial charge is 0.130 e. The first-order valence-corrected chi connectivity index (χ1v) is 5.68. The first-order valence-electron chi connectivity index (χ1n) is 5.68. The van der Waals surface area contributed by atoms with Gasteiger partial charge in [-0.2, -0.15) is 0 Å². The number of halogens is 1. The molecule has 0 unspecified atom stereocenters. The molecular formula is C13H18FNO. The third kappa shape index (κ3) is 1.50. The van der Waals surface area contributed by atoms with Crippen LogP contribution in [0.5, 0.6) is 5.75 Å². The first-order chi connectivity index (χ1) is 7.64. The molecule has 1 saturated carbocycles. The summed E-state index contributed by atoms with van der Waals surface area (Å²) in [6, 6.07) is 3.27. The Balaban J connectivity index is 2.57. The molecule has 0 heterocycles. The minimum absolute atomic E-state index is 0.187. The van der Waals surface area contributed by atoms with E-state index in [9.17, 15) is 4.39 Å². The summed E-state index contributed by atoms with van der Waals surface area (Å²) in [6.07, 6.45) is 3.04. The number of ether oxygens (including phenoxy) is 1. The highest BCUT2D eigenvalue weighted by Crippen LogP contribution is 2.48. The molecule has 0 aromatic heterocycles. The second-order valence-corrected chi connectivity index (χ2v) is 4.61. The third-order valence-electron chi connectivity index (χ3n) is 3.74. The molecule has 0 atom stereocenters. The van der Waals surface area contributed by atoms with Crippen molar-refractivity contribution in [3.8, 4) is 5.75 Å². The van der Waals surface area contributed by atoms with Crippen LogP contribution in [0, 0.1) is 12.7 Å². The van der Waals surface area contributed by atoms with Crippen LogP contribution in [-0.4, -0.2) is 13.7 Å². The fraction of sp³-hybridized carbons (Fsp3) is 0.538. The molecule has 1 aliphatic carbocycles. The first kappa shape index (κ1) is 11.4. The number of benzene rings is 1. The Morgan fingerprint density at radius 3 is 2.56 bits per heavy atom. The largest absolute Gasteiger partial charge is 0.496 e. The van der Waals surface area contributed by atoms with E-state index in [2.05, 4.69) is 0 Å². The summed E-state index contributed by atoms with van der Waals surface area (Å²) in [7, 11) is 1.59. The molecule has 1 aromatic rings. The molecule has 3 heteroatoms. The molecule has 0 amide bonds. The lowest BCUT2D eigenvalue weighted by atomic mass is 9.64. The summed E-state index contributed by atoms with van der Waals surface area (Å²) in [5.74, 6) is 0.484. The Hall–Kier alpha value is -1.09. The monoisotopic (exact) mass is 223 g/mol. The van der Waals surface area contributed by atoms with E-state index < -0.39 is 0 Å². The van der Waals surface area contributed by atoms with Gasteiger partial charge in [0.05, 0.1) is 7.11 Å². The van der Waals surface area contributed by atoms with Crippen LogP contribution in [0.2, 0.25) is 0 Å². The SMILES string of the molecule is COc1c(C)ccc(F)c1C1(CN)CCC1. The zero-order valence-corrected chi connectivity index (χ0v) is 9.85. The standard InChI is InChI=1S/C13H18FNO/c1-9-4-5-10(14)11(12(9)16-2)13(8-15)6-3-7-13/h4-5H,3,6-8,15H2,1-2H3. The molecular weight excluding hydrogens is 205 g/mol. The van der Waals surface area contributed by atoms with Crippen LogP contribution in [-0.2, 0) is 5.41 Å². The third-order valence-corrected chi connectivity index (χ3v) is 3.74. The van der Waals surface area contributed by atoms with Crippen molar-refractivity contribution < 1.29 is 9.13 Å². The summed E-state index contributed by atoms with van der Waals surface area (Å²) in [6.45, 7) is 2.42. The Kier molecular flexibility index (Phi) is 2.89. The van der Waals surface area contributed by atoms with Crippen LogP contribution in [0.1, 0.15) is 30.4 Å². The highest BCUT2D eigenvalue weighted by molar-refractivity contribution is 5.47. The average Bonchev–Trinajstić information content (AvgIpc) is 2.22. The number of methoxy groups -OCH3 is 1. The van der Waals surface area contributed by atoms with Crippen molar-refractivity contribution in [1.82, 2.24) is 0 Å². The highest BCUT2D eigenvalue weighted by Gasteiger charge is 2.41. The highest BCUT2D eigenvalue weighted by atomic mass is 19.1. The van der Waals surface area contributed by atoms with Crippen LogP contribution in [0.4, 0.5) is 4.39 Å². The van der Waals surface area contributed by atoms with E-state index in [0.717, 1.165) is 24.8 Å². The van der Waals surface area contributed by atoms with Crippen LogP contribution < -0.4 is 10.5 Å².